The number of phenols is 1. The lowest BCUT2D eigenvalue weighted by Crippen LogP contribution is -2.29. The van der Waals surface area contributed by atoms with E-state index in [1.54, 1.807) is 0 Å². The number of rotatable bonds is 5. The summed E-state index contributed by atoms with van der Waals surface area (Å²) in [5.74, 6) is 1.64. The second kappa shape index (κ2) is 7.32. The predicted molar refractivity (Wildman–Crippen MR) is 102 cm³/mol. The van der Waals surface area contributed by atoms with Gasteiger partial charge in [0.2, 0.25) is 0 Å². The fraction of sp³-hybridized carbons (Fsp3) is 0.444. The molecule has 4 heteroatoms. The molecule has 22 heavy (non-hydrogen) atoms. The lowest BCUT2D eigenvalue weighted by atomic mass is 9.74. The minimum Gasteiger partial charge on any atom is -0.507 e. The maximum atomic E-state index is 9.99. The topological polar surface area (TPSA) is 32.3 Å². The third kappa shape index (κ3) is 3.34. The largest absolute Gasteiger partial charge is 0.507 e. The van der Waals surface area contributed by atoms with Crippen molar-refractivity contribution in [2.45, 2.75) is 31.6 Å². The Balaban J connectivity index is 1.91. The second-order valence-corrected chi connectivity index (χ2v) is 8.18. The molecular formula is C18H22INOS. The summed E-state index contributed by atoms with van der Waals surface area (Å²) >= 11 is 4.16. The SMILES string of the molecule is CNCC(Cc1cccs1)C1CCCc2c1ccc(O)c2I. The summed E-state index contributed by atoms with van der Waals surface area (Å²) in [6.45, 7) is 1.04. The summed E-state index contributed by atoms with van der Waals surface area (Å²) in [6, 6.07) is 8.43. The van der Waals surface area contributed by atoms with Crippen LogP contribution in [0.15, 0.2) is 29.6 Å². The lowest BCUT2D eigenvalue weighted by Gasteiger charge is -2.33. The Morgan fingerprint density at radius 2 is 2.27 bits per heavy atom. The van der Waals surface area contributed by atoms with E-state index in [-0.39, 0.29) is 0 Å². The number of fused-ring (bicyclic) bond motifs is 1. The molecule has 1 aromatic heterocycles. The van der Waals surface area contributed by atoms with Crippen LogP contribution in [0.2, 0.25) is 0 Å². The molecule has 2 N–H and O–H groups in total. The van der Waals surface area contributed by atoms with Gasteiger partial charge in [0, 0.05) is 4.88 Å². The van der Waals surface area contributed by atoms with Crippen LogP contribution in [-0.2, 0) is 12.8 Å². The molecule has 2 atom stereocenters. The van der Waals surface area contributed by atoms with Crippen LogP contribution in [0.5, 0.6) is 5.75 Å². The fourth-order valence-corrected chi connectivity index (χ4v) is 5.24. The van der Waals surface area contributed by atoms with Gasteiger partial charge in [-0.15, -0.1) is 11.3 Å². The van der Waals surface area contributed by atoms with Crippen LogP contribution < -0.4 is 5.32 Å². The number of halogens is 1. The van der Waals surface area contributed by atoms with Crippen molar-refractivity contribution in [1.29, 1.82) is 0 Å². The summed E-state index contributed by atoms with van der Waals surface area (Å²) in [5, 5.41) is 15.5. The summed E-state index contributed by atoms with van der Waals surface area (Å²) in [7, 11) is 2.05. The Kier molecular flexibility index (Phi) is 5.42. The van der Waals surface area contributed by atoms with Gasteiger partial charge in [-0.3, -0.25) is 0 Å². The highest BCUT2D eigenvalue weighted by molar-refractivity contribution is 14.1. The van der Waals surface area contributed by atoms with E-state index in [1.165, 1.54) is 28.8 Å². The Labute approximate surface area is 150 Å². The maximum Gasteiger partial charge on any atom is 0.129 e. The summed E-state index contributed by atoms with van der Waals surface area (Å²) < 4.78 is 1.05. The van der Waals surface area contributed by atoms with Crippen LogP contribution in [0.4, 0.5) is 0 Å². The van der Waals surface area contributed by atoms with Crippen molar-refractivity contribution in [3.8, 4) is 5.75 Å². The first kappa shape index (κ1) is 16.3. The predicted octanol–water partition coefficient (Wildman–Crippen LogP) is 4.56. The molecule has 2 aromatic rings. The molecule has 118 valence electrons. The van der Waals surface area contributed by atoms with E-state index in [1.807, 2.05) is 24.5 Å². The van der Waals surface area contributed by atoms with E-state index in [9.17, 15) is 5.11 Å². The highest BCUT2D eigenvalue weighted by Crippen LogP contribution is 2.42. The van der Waals surface area contributed by atoms with Crippen molar-refractivity contribution in [3.63, 3.8) is 0 Å². The van der Waals surface area contributed by atoms with Crippen molar-refractivity contribution >= 4 is 33.9 Å². The molecule has 0 spiro atoms. The molecule has 0 saturated heterocycles. The van der Waals surface area contributed by atoms with E-state index in [4.69, 9.17) is 0 Å². The monoisotopic (exact) mass is 427 g/mol. The highest BCUT2D eigenvalue weighted by atomic mass is 127. The zero-order valence-electron chi connectivity index (χ0n) is 12.8. The first-order valence-electron chi connectivity index (χ1n) is 7.88. The summed E-state index contributed by atoms with van der Waals surface area (Å²) in [6.07, 6.45) is 4.72. The summed E-state index contributed by atoms with van der Waals surface area (Å²) in [5.41, 5.74) is 2.84. The van der Waals surface area contributed by atoms with Gasteiger partial charge in [0.05, 0.1) is 3.57 Å². The van der Waals surface area contributed by atoms with Gasteiger partial charge in [0.15, 0.2) is 0 Å². The number of thiophene rings is 1. The van der Waals surface area contributed by atoms with Crippen molar-refractivity contribution in [2.75, 3.05) is 13.6 Å². The van der Waals surface area contributed by atoms with Crippen LogP contribution in [0.25, 0.3) is 0 Å². The molecule has 1 heterocycles. The number of benzene rings is 1. The van der Waals surface area contributed by atoms with Crippen molar-refractivity contribution in [2.24, 2.45) is 5.92 Å². The zero-order chi connectivity index (χ0) is 15.5. The van der Waals surface area contributed by atoms with Gasteiger partial charge in [-0.1, -0.05) is 12.1 Å². The molecule has 2 nitrogen and oxygen atoms in total. The first-order chi connectivity index (χ1) is 10.7. The number of phenolic OH excluding ortho intramolecular Hbond substituents is 1. The van der Waals surface area contributed by atoms with E-state index in [2.05, 4.69) is 51.5 Å². The minimum absolute atomic E-state index is 0.434. The normalized spacial score (nSPS) is 18.9. The number of hydrogen-bond acceptors (Lipinski definition) is 3. The molecule has 1 aliphatic carbocycles. The highest BCUT2D eigenvalue weighted by Gasteiger charge is 2.29. The second-order valence-electron chi connectivity index (χ2n) is 6.07. The van der Waals surface area contributed by atoms with Crippen LogP contribution >= 0.6 is 33.9 Å². The molecule has 0 bridgehead atoms. The zero-order valence-corrected chi connectivity index (χ0v) is 15.8. The summed E-state index contributed by atoms with van der Waals surface area (Å²) in [4.78, 5) is 1.47. The molecule has 0 aliphatic heterocycles. The molecule has 0 radical (unpaired) electrons. The van der Waals surface area contributed by atoms with Gasteiger partial charge in [0.25, 0.3) is 0 Å². The molecule has 0 fully saturated rings. The standard InChI is InChI=1S/C18H22INOS/c1-20-11-12(10-13-4-3-9-22-13)14-5-2-6-16-15(14)7-8-17(21)18(16)19/h3-4,7-9,12,14,20-21H,2,5-6,10-11H2,1H3. The number of aromatic hydroxyl groups is 1. The number of nitrogens with one attached hydrogen (secondary N) is 1. The Morgan fingerprint density at radius 1 is 1.41 bits per heavy atom. The lowest BCUT2D eigenvalue weighted by molar-refractivity contribution is 0.366. The molecule has 0 saturated carbocycles. The van der Waals surface area contributed by atoms with Gasteiger partial charge in [-0.25, -0.2) is 0 Å². The van der Waals surface area contributed by atoms with Gasteiger partial charge < -0.3 is 10.4 Å². The maximum absolute atomic E-state index is 9.99. The van der Waals surface area contributed by atoms with Gasteiger partial charge in [0.1, 0.15) is 5.75 Å². The molecule has 2 unspecified atom stereocenters. The molecule has 1 aliphatic rings. The first-order valence-corrected chi connectivity index (χ1v) is 9.83. The minimum atomic E-state index is 0.434. The van der Waals surface area contributed by atoms with E-state index >= 15 is 0 Å². The van der Waals surface area contributed by atoms with Crippen LogP contribution in [-0.4, -0.2) is 18.7 Å². The average molecular weight is 427 g/mol. The molecule has 1 aromatic carbocycles. The molecule has 0 amide bonds. The molecular weight excluding hydrogens is 405 g/mol. The van der Waals surface area contributed by atoms with Gasteiger partial charge >= 0.3 is 0 Å². The fourth-order valence-electron chi connectivity index (χ4n) is 3.68. The van der Waals surface area contributed by atoms with Crippen molar-refractivity contribution in [3.05, 3.63) is 49.2 Å². The van der Waals surface area contributed by atoms with Crippen molar-refractivity contribution < 1.29 is 5.11 Å². The van der Waals surface area contributed by atoms with E-state index in [0.29, 0.717) is 17.6 Å². The quantitative estimate of drug-likeness (QED) is 0.686. The average Bonchev–Trinajstić information content (AvgIpc) is 3.03. The van der Waals surface area contributed by atoms with E-state index < -0.39 is 0 Å². The van der Waals surface area contributed by atoms with Crippen LogP contribution in [0, 0.1) is 9.49 Å². The van der Waals surface area contributed by atoms with Crippen molar-refractivity contribution in [1.82, 2.24) is 5.32 Å². The third-order valence-corrected chi connectivity index (χ3v) is 6.78. The van der Waals surface area contributed by atoms with Crippen LogP contribution in [0.3, 0.4) is 0 Å². The Bertz CT molecular complexity index is 626. The molecule has 3 rings (SSSR count). The third-order valence-electron chi connectivity index (χ3n) is 4.68. The van der Waals surface area contributed by atoms with Crippen LogP contribution in [0.1, 0.15) is 34.8 Å². The van der Waals surface area contributed by atoms with Gasteiger partial charge in [-0.2, -0.15) is 0 Å². The Morgan fingerprint density at radius 3 is 3.00 bits per heavy atom. The smallest absolute Gasteiger partial charge is 0.129 e. The number of hydrogen-bond donors (Lipinski definition) is 2. The van der Waals surface area contributed by atoms with E-state index in [0.717, 1.165) is 23.0 Å². The van der Waals surface area contributed by atoms with Gasteiger partial charge in [-0.05, 0) is 102 Å². The Hall–Kier alpha value is -0.590.